The van der Waals surface area contributed by atoms with Gasteiger partial charge in [-0.05, 0) is 43.0 Å². The van der Waals surface area contributed by atoms with E-state index in [-0.39, 0.29) is 5.91 Å². The lowest BCUT2D eigenvalue weighted by Crippen LogP contribution is -2.39. The fourth-order valence-electron chi connectivity index (χ4n) is 2.85. The Morgan fingerprint density at radius 2 is 2.21 bits per heavy atom. The smallest absolute Gasteiger partial charge is 0.228 e. The fraction of sp³-hybridized carbons (Fsp3) is 0.444. The topological polar surface area (TPSA) is 42.4 Å². The molecule has 1 aromatic carbocycles. The minimum atomic E-state index is 0.178. The number of carbonyl (C=O) groups is 1. The van der Waals surface area contributed by atoms with E-state index in [4.69, 9.17) is 16.3 Å². The molecule has 1 aliphatic rings. The van der Waals surface area contributed by atoms with E-state index in [0.717, 1.165) is 36.0 Å². The number of halogens is 1. The zero-order valence-corrected chi connectivity index (χ0v) is 15.3. The highest BCUT2D eigenvalue weighted by molar-refractivity contribution is 7.09. The predicted octanol–water partition coefficient (Wildman–Crippen LogP) is 4.18. The number of hydrogen-bond acceptors (Lipinski definition) is 4. The summed E-state index contributed by atoms with van der Waals surface area (Å²) in [6.07, 6.45) is 2.70. The number of nitrogens with zero attached hydrogens (tertiary/aromatic N) is 2. The van der Waals surface area contributed by atoms with Crippen LogP contribution in [-0.2, 0) is 17.8 Å². The van der Waals surface area contributed by atoms with Gasteiger partial charge in [0.1, 0.15) is 17.4 Å². The molecule has 1 amide bonds. The quantitative estimate of drug-likeness (QED) is 0.799. The summed E-state index contributed by atoms with van der Waals surface area (Å²) in [5, 5.41) is 3.51. The lowest BCUT2D eigenvalue weighted by Gasteiger charge is -2.30. The zero-order chi connectivity index (χ0) is 16.9. The fourth-order valence-corrected chi connectivity index (χ4v) is 3.69. The molecule has 4 nitrogen and oxygen atoms in total. The molecule has 1 aromatic heterocycles. The van der Waals surface area contributed by atoms with Crippen molar-refractivity contribution >= 4 is 28.8 Å². The number of hydrogen-bond donors (Lipinski definition) is 0. The third kappa shape index (κ3) is 4.71. The third-order valence-corrected chi connectivity index (χ3v) is 5.24. The summed E-state index contributed by atoms with van der Waals surface area (Å²) in [6.45, 7) is 4.35. The van der Waals surface area contributed by atoms with E-state index in [0.29, 0.717) is 24.0 Å². The molecule has 1 aliphatic heterocycles. The molecular formula is C18H21ClN2O2S. The molecule has 1 saturated heterocycles. The summed E-state index contributed by atoms with van der Waals surface area (Å²) in [4.78, 5) is 18.9. The van der Waals surface area contributed by atoms with Crippen LogP contribution in [0.25, 0.3) is 0 Å². The molecule has 3 rings (SSSR count). The largest absolute Gasteiger partial charge is 0.486 e. The number of piperidine rings is 1. The highest BCUT2D eigenvalue weighted by atomic mass is 35.5. The van der Waals surface area contributed by atoms with E-state index in [1.807, 2.05) is 22.4 Å². The van der Waals surface area contributed by atoms with Crippen molar-refractivity contribution in [2.45, 2.75) is 32.8 Å². The van der Waals surface area contributed by atoms with Gasteiger partial charge in [0.15, 0.2) is 0 Å². The van der Waals surface area contributed by atoms with E-state index >= 15 is 0 Å². The van der Waals surface area contributed by atoms with Gasteiger partial charge in [0.2, 0.25) is 5.91 Å². The Labute approximate surface area is 151 Å². The Bertz CT molecular complexity index is 687. The minimum Gasteiger partial charge on any atom is -0.486 e. The summed E-state index contributed by atoms with van der Waals surface area (Å²) < 4.78 is 5.69. The number of benzene rings is 1. The summed E-state index contributed by atoms with van der Waals surface area (Å²) >= 11 is 7.38. The molecule has 2 aromatic rings. The van der Waals surface area contributed by atoms with Crippen molar-refractivity contribution in [2.75, 3.05) is 13.1 Å². The van der Waals surface area contributed by atoms with Crippen molar-refractivity contribution in [3.05, 3.63) is 45.4 Å². The van der Waals surface area contributed by atoms with Gasteiger partial charge in [-0.2, -0.15) is 0 Å². The normalized spacial score (nSPS) is 17.8. The van der Waals surface area contributed by atoms with Crippen LogP contribution in [0.15, 0.2) is 29.6 Å². The molecule has 0 bridgehead atoms. The first-order valence-corrected chi connectivity index (χ1v) is 9.45. The average Bonchev–Trinajstić information content (AvgIpc) is 3.02. The van der Waals surface area contributed by atoms with Crippen molar-refractivity contribution in [3.63, 3.8) is 0 Å². The average molecular weight is 365 g/mol. The van der Waals surface area contributed by atoms with Gasteiger partial charge < -0.3 is 9.64 Å². The summed E-state index contributed by atoms with van der Waals surface area (Å²) in [7, 11) is 0. The summed E-state index contributed by atoms with van der Waals surface area (Å²) in [5.41, 5.74) is 0.831. The first-order valence-electron chi connectivity index (χ1n) is 8.19. The number of likely N-dealkylation sites (tertiary alicyclic amines) is 1. The van der Waals surface area contributed by atoms with E-state index in [1.54, 1.807) is 12.1 Å². The number of amides is 1. The number of rotatable bonds is 5. The molecule has 1 unspecified atom stereocenters. The van der Waals surface area contributed by atoms with E-state index < -0.39 is 0 Å². The van der Waals surface area contributed by atoms with Crippen molar-refractivity contribution < 1.29 is 9.53 Å². The zero-order valence-electron chi connectivity index (χ0n) is 13.7. The van der Waals surface area contributed by atoms with Gasteiger partial charge in [-0.25, -0.2) is 4.98 Å². The van der Waals surface area contributed by atoms with Gasteiger partial charge in [-0.3, -0.25) is 4.79 Å². The van der Waals surface area contributed by atoms with Crippen LogP contribution in [0.2, 0.25) is 5.02 Å². The second-order valence-corrected chi connectivity index (χ2v) is 7.62. The van der Waals surface area contributed by atoms with Crippen LogP contribution in [0, 0.1) is 5.92 Å². The second kappa shape index (κ2) is 7.99. The molecule has 1 atom stereocenters. The standard InChI is InChI=1S/C18H21ClN2O2S/c1-13-3-2-8-21(10-13)18(22)9-15-12-24-17(20-15)11-23-16-6-4-14(19)5-7-16/h4-7,12-13H,2-3,8-11H2,1H3. The Morgan fingerprint density at radius 3 is 2.96 bits per heavy atom. The predicted molar refractivity (Wildman–Crippen MR) is 96.6 cm³/mol. The monoisotopic (exact) mass is 364 g/mol. The molecule has 0 spiro atoms. The molecule has 0 saturated carbocycles. The van der Waals surface area contributed by atoms with Gasteiger partial charge in [0.05, 0.1) is 12.1 Å². The first-order chi connectivity index (χ1) is 11.6. The molecular weight excluding hydrogens is 344 g/mol. The van der Waals surface area contributed by atoms with Gasteiger partial charge >= 0.3 is 0 Å². The molecule has 0 N–H and O–H groups in total. The van der Waals surface area contributed by atoms with Crippen LogP contribution >= 0.6 is 22.9 Å². The summed E-state index contributed by atoms with van der Waals surface area (Å²) in [6, 6.07) is 7.25. The van der Waals surface area contributed by atoms with E-state index in [1.165, 1.54) is 17.8 Å². The maximum atomic E-state index is 12.4. The Morgan fingerprint density at radius 1 is 1.42 bits per heavy atom. The number of ether oxygens (including phenoxy) is 1. The Kier molecular flexibility index (Phi) is 5.74. The van der Waals surface area contributed by atoms with E-state index in [9.17, 15) is 4.79 Å². The number of aromatic nitrogens is 1. The molecule has 0 radical (unpaired) electrons. The molecule has 1 fully saturated rings. The molecule has 24 heavy (non-hydrogen) atoms. The van der Waals surface area contributed by atoms with Gasteiger partial charge in [-0.1, -0.05) is 18.5 Å². The highest BCUT2D eigenvalue weighted by Crippen LogP contribution is 2.20. The molecule has 6 heteroatoms. The van der Waals surface area contributed by atoms with E-state index in [2.05, 4.69) is 11.9 Å². The van der Waals surface area contributed by atoms with Crippen LogP contribution in [0.5, 0.6) is 5.75 Å². The van der Waals surface area contributed by atoms with Crippen molar-refractivity contribution in [3.8, 4) is 5.75 Å². The third-order valence-electron chi connectivity index (χ3n) is 4.12. The Balaban J connectivity index is 1.51. The van der Waals surface area contributed by atoms with Gasteiger partial charge in [0.25, 0.3) is 0 Å². The SMILES string of the molecule is CC1CCCN(C(=O)Cc2csc(COc3ccc(Cl)cc3)n2)C1. The Hall–Kier alpha value is -1.59. The van der Waals surface area contributed by atoms with Crippen molar-refractivity contribution in [1.29, 1.82) is 0 Å². The molecule has 128 valence electrons. The number of carbonyl (C=O) groups excluding carboxylic acids is 1. The van der Waals surface area contributed by atoms with Crippen LogP contribution < -0.4 is 4.74 Å². The highest BCUT2D eigenvalue weighted by Gasteiger charge is 2.21. The van der Waals surface area contributed by atoms with Crippen molar-refractivity contribution in [2.24, 2.45) is 5.92 Å². The van der Waals surface area contributed by atoms with Crippen LogP contribution in [0.3, 0.4) is 0 Å². The number of thiazole rings is 1. The lowest BCUT2D eigenvalue weighted by atomic mass is 10.00. The maximum Gasteiger partial charge on any atom is 0.228 e. The maximum absolute atomic E-state index is 12.4. The van der Waals surface area contributed by atoms with Crippen molar-refractivity contribution in [1.82, 2.24) is 9.88 Å². The van der Waals surface area contributed by atoms with Gasteiger partial charge in [0, 0.05) is 23.5 Å². The van der Waals surface area contributed by atoms with Crippen LogP contribution in [0.4, 0.5) is 0 Å². The van der Waals surface area contributed by atoms with Crippen LogP contribution in [0.1, 0.15) is 30.5 Å². The summed E-state index contributed by atoms with van der Waals surface area (Å²) in [5.74, 6) is 1.54. The lowest BCUT2D eigenvalue weighted by molar-refractivity contribution is -0.132. The first kappa shape index (κ1) is 17.2. The van der Waals surface area contributed by atoms with Gasteiger partial charge in [-0.15, -0.1) is 11.3 Å². The minimum absolute atomic E-state index is 0.178. The second-order valence-electron chi connectivity index (χ2n) is 6.24. The molecule has 0 aliphatic carbocycles. The molecule has 2 heterocycles. The van der Waals surface area contributed by atoms with Crippen LogP contribution in [-0.4, -0.2) is 28.9 Å².